The lowest BCUT2D eigenvalue weighted by molar-refractivity contribution is 0.0907. The third-order valence-corrected chi connectivity index (χ3v) is 12.3. The molecule has 0 unspecified atom stereocenters. The number of rotatable bonds is 12. The number of hydrogen-bond acceptors (Lipinski definition) is 7. The first-order valence-electron chi connectivity index (χ1n) is 19.0. The molecule has 1 aliphatic rings. The number of ether oxygens (including phenoxy) is 1. The molecular weight excluding hydrogens is 724 g/mol. The van der Waals surface area contributed by atoms with Crippen molar-refractivity contribution in [1.82, 2.24) is 23.6 Å². The van der Waals surface area contributed by atoms with E-state index in [1.165, 1.54) is 21.7 Å². The van der Waals surface area contributed by atoms with Gasteiger partial charge in [0.05, 0.1) is 30.3 Å². The molecule has 0 atom stereocenters. The highest BCUT2D eigenvalue weighted by molar-refractivity contribution is 7.90. The van der Waals surface area contributed by atoms with E-state index in [0.717, 1.165) is 77.6 Å². The first-order chi connectivity index (χ1) is 27.1. The van der Waals surface area contributed by atoms with Gasteiger partial charge >= 0.3 is 0 Å². The second kappa shape index (κ2) is 15.9. The number of pyridine rings is 1. The molecular formula is C45H45FN6O3S. The molecule has 1 fully saturated rings. The Balaban J connectivity index is 1.06. The summed E-state index contributed by atoms with van der Waals surface area (Å²) in [5, 5.41) is 5.52. The van der Waals surface area contributed by atoms with Gasteiger partial charge < -0.3 is 9.64 Å². The Morgan fingerprint density at radius 1 is 0.786 bits per heavy atom. The van der Waals surface area contributed by atoms with E-state index in [0.29, 0.717) is 36.4 Å². The summed E-state index contributed by atoms with van der Waals surface area (Å²) in [7, 11) is -3.99. The Labute approximate surface area is 327 Å². The van der Waals surface area contributed by atoms with Gasteiger partial charge in [-0.2, -0.15) is 5.10 Å². The van der Waals surface area contributed by atoms with E-state index in [-0.39, 0.29) is 10.7 Å². The minimum atomic E-state index is -3.99. The lowest BCUT2D eigenvalue weighted by atomic mass is 10.0. The van der Waals surface area contributed by atoms with Gasteiger partial charge in [0, 0.05) is 78.6 Å². The van der Waals surface area contributed by atoms with Crippen molar-refractivity contribution in [2.24, 2.45) is 0 Å². The number of nitrogens with zero attached hydrogens (tertiary/aromatic N) is 6. The number of fused-ring (bicyclic) bond motifs is 1. The molecule has 4 heterocycles. The van der Waals surface area contributed by atoms with Crippen LogP contribution >= 0.6 is 0 Å². The van der Waals surface area contributed by atoms with Gasteiger partial charge in [0.2, 0.25) is 0 Å². The Bertz CT molecular complexity index is 2580. The molecule has 0 saturated carbocycles. The zero-order valence-corrected chi connectivity index (χ0v) is 32.7. The maximum atomic E-state index is 14.2. The molecule has 1 saturated heterocycles. The minimum absolute atomic E-state index is 0.181. The molecule has 8 rings (SSSR count). The molecule has 3 aromatic heterocycles. The van der Waals surface area contributed by atoms with Crippen LogP contribution in [0.3, 0.4) is 0 Å². The fraction of sp³-hybridized carbons (Fsp3) is 0.244. The maximum Gasteiger partial charge on any atom is 0.269 e. The fourth-order valence-electron chi connectivity index (χ4n) is 7.54. The van der Waals surface area contributed by atoms with Gasteiger partial charge in [-0.25, -0.2) is 21.8 Å². The number of piperazine rings is 1. The summed E-state index contributed by atoms with van der Waals surface area (Å²) in [5.41, 5.74) is 9.40. The smallest absolute Gasteiger partial charge is 0.269 e. The normalized spacial score (nSPS) is 13.8. The largest absolute Gasteiger partial charge is 0.375 e. The molecule has 56 heavy (non-hydrogen) atoms. The highest BCUT2D eigenvalue weighted by Crippen LogP contribution is 2.38. The SMILES string of the molecule is Cc1ccc(S(=O)(=O)n2cc(-c3c(C)nn(Cc4cccc(F)c4)c3C)c3cc(-c4ccc(N5CCN(CCOCc6ccccc6)CC5)cc4)cnc32)cc1. The number of hydrogen-bond donors (Lipinski definition) is 0. The van der Waals surface area contributed by atoms with Gasteiger partial charge in [-0.3, -0.25) is 9.58 Å². The Hall–Kier alpha value is -5.62. The Morgan fingerprint density at radius 3 is 2.25 bits per heavy atom. The summed E-state index contributed by atoms with van der Waals surface area (Å²) in [6.45, 7) is 12.2. The van der Waals surface area contributed by atoms with E-state index in [2.05, 4.69) is 46.2 Å². The summed E-state index contributed by atoms with van der Waals surface area (Å²) < 4.78 is 51.5. The van der Waals surface area contributed by atoms with Crippen molar-refractivity contribution < 1.29 is 17.5 Å². The minimum Gasteiger partial charge on any atom is -0.375 e. The average Bonchev–Trinajstić information content (AvgIpc) is 3.72. The topological polar surface area (TPSA) is 85.5 Å². The van der Waals surface area contributed by atoms with Crippen LogP contribution in [0.5, 0.6) is 0 Å². The van der Waals surface area contributed by atoms with E-state index in [9.17, 15) is 12.8 Å². The number of halogens is 1. The van der Waals surface area contributed by atoms with Gasteiger partial charge in [0.1, 0.15) is 5.82 Å². The van der Waals surface area contributed by atoms with E-state index < -0.39 is 10.0 Å². The van der Waals surface area contributed by atoms with Gasteiger partial charge in [0.25, 0.3) is 10.0 Å². The molecule has 7 aromatic rings. The average molecular weight is 769 g/mol. The second-order valence-corrected chi connectivity index (χ2v) is 16.3. The molecule has 0 radical (unpaired) electrons. The van der Waals surface area contributed by atoms with Crippen molar-refractivity contribution >= 4 is 26.7 Å². The van der Waals surface area contributed by atoms with Crippen molar-refractivity contribution in [1.29, 1.82) is 0 Å². The lowest BCUT2D eigenvalue weighted by Gasteiger charge is -2.36. The summed E-state index contributed by atoms with van der Waals surface area (Å²) >= 11 is 0. The van der Waals surface area contributed by atoms with Gasteiger partial charge in [0.15, 0.2) is 5.65 Å². The van der Waals surface area contributed by atoms with Crippen molar-refractivity contribution in [3.63, 3.8) is 0 Å². The van der Waals surface area contributed by atoms with Crippen LogP contribution in [-0.2, 0) is 27.9 Å². The first-order valence-corrected chi connectivity index (χ1v) is 20.4. The quantitative estimate of drug-likeness (QED) is 0.116. The van der Waals surface area contributed by atoms with Crippen LogP contribution in [-0.4, -0.2) is 71.4 Å². The summed E-state index contributed by atoms with van der Waals surface area (Å²) in [6, 6.07) is 34.1. The molecule has 0 aliphatic carbocycles. The monoisotopic (exact) mass is 768 g/mol. The maximum absolute atomic E-state index is 14.2. The summed E-state index contributed by atoms with van der Waals surface area (Å²) in [4.78, 5) is 9.86. The third-order valence-electron chi connectivity index (χ3n) is 10.7. The zero-order chi connectivity index (χ0) is 38.8. The summed E-state index contributed by atoms with van der Waals surface area (Å²) in [5.74, 6) is -0.306. The van der Waals surface area contributed by atoms with Crippen LogP contribution in [0.4, 0.5) is 10.1 Å². The highest BCUT2D eigenvalue weighted by Gasteiger charge is 2.26. The van der Waals surface area contributed by atoms with E-state index in [1.807, 2.05) is 55.8 Å². The second-order valence-electron chi connectivity index (χ2n) is 14.5. The number of anilines is 1. The van der Waals surface area contributed by atoms with Gasteiger partial charge in [-0.05, 0) is 79.9 Å². The molecule has 0 bridgehead atoms. The first kappa shape index (κ1) is 37.3. The van der Waals surface area contributed by atoms with Crippen LogP contribution in [0.25, 0.3) is 33.3 Å². The molecule has 9 nitrogen and oxygen atoms in total. The molecule has 0 N–H and O–H groups in total. The standard InChI is InChI=1S/C45H45FN6O3S/c1-32-12-18-41(19-13-32)56(53,54)52-30-43(44-33(2)48-51(34(44)3)29-36-10-7-11-39(46)26-36)42-27-38(28-47-45(42)52)37-14-16-40(17-15-37)50-22-20-49(21-23-50)24-25-55-31-35-8-5-4-6-9-35/h4-19,26-28,30H,20-25,29,31H2,1-3H3. The number of aromatic nitrogens is 4. The molecule has 1 aliphatic heterocycles. The van der Waals surface area contributed by atoms with Crippen molar-refractivity contribution in [2.45, 2.75) is 38.8 Å². The van der Waals surface area contributed by atoms with E-state index in [4.69, 9.17) is 14.8 Å². The van der Waals surface area contributed by atoms with Crippen molar-refractivity contribution in [3.8, 4) is 22.3 Å². The van der Waals surface area contributed by atoms with E-state index in [1.54, 1.807) is 42.7 Å². The summed E-state index contributed by atoms with van der Waals surface area (Å²) in [6.07, 6.45) is 3.41. The molecule has 11 heteroatoms. The highest BCUT2D eigenvalue weighted by atomic mass is 32.2. The van der Waals surface area contributed by atoms with Crippen LogP contribution in [0.2, 0.25) is 0 Å². The Morgan fingerprint density at radius 2 is 1.52 bits per heavy atom. The molecule has 286 valence electrons. The Kier molecular flexibility index (Phi) is 10.6. The molecule has 4 aromatic carbocycles. The number of benzene rings is 4. The van der Waals surface area contributed by atoms with Crippen LogP contribution in [0.15, 0.2) is 126 Å². The van der Waals surface area contributed by atoms with Gasteiger partial charge in [-0.15, -0.1) is 0 Å². The third kappa shape index (κ3) is 7.75. The van der Waals surface area contributed by atoms with E-state index >= 15 is 0 Å². The molecule has 0 spiro atoms. The van der Waals surface area contributed by atoms with Crippen LogP contribution in [0.1, 0.15) is 28.1 Å². The van der Waals surface area contributed by atoms with Crippen molar-refractivity contribution in [3.05, 3.63) is 155 Å². The van der Waals surface area contributed by atoms with Crippen LogP contribution < -0.4 is 4.90 Å². The predicted molar refractivity (Wildman–Crippen MR) is 220 cm³/mol. The number of aryl methyl sites for hydroxylation is 2. The zero-order valence-electron chi connectivity index (χ0n) is 31.9. The van der Waals surface area contributed by atoms with Crippen molar-refractivity contribution in [2.75, 3.05) is 44.2 Å². The van der Waals surface area contributed by atoms with Gasteiger partial charge in [-0.1, -0.05) is 72.3 Å². The predicted octanol–water partition coefficient (Wildman–Crippen LogP) is 8.26. The fourth-order valence-corrected chi connectivity index (χ4v) is 8.87. The lowest BCUT2D eigenvalue weighted by Crippen LogP contribution is -2.47. The van der Waals surface area contributed by atoms with Crippen LogP contribution in [0, 0.1) is 26.6 Å². The molecule has 0 amide bonds.